The molecule has 6 heteroatoms. The number of amides is 1. The van der Waals surface area contributed by atoms with Gasteiger partial charge in [-0.05, 0) is 6.92 Å². The van der Waals surface area contributed by atoms with Gasteiger partial charge < -0.3 is 20.6 Å². The van der Waals surface area contributed by atoms with Crippen LogP contribution in [0.4, 0.5) is 0 Å². The second-order valence-electron chi connectivity index (χ2n) is 4.48. The first kappa shape index (κ1) is 12.8. The summed E-state index contributed by atoms with van der Waals surface area (Å²) in [5.74, 6) is 0.428. The average Bonchev–Trinajstić information content (AvgIpc) is 2.08. The van der Waals surface area contributed by atoms with Crippen molar-refractivity contribution in [2.24, 2.45) is 11.7 Å². The summed E-state index contributed by atoms with van der Waals surface area (Å²) in [5.41, 5.74) is 5.32. The first-order valence-corrected chi connectivity index (χ1v) is 5.41. The minimum absolute atomic E-state index is 0.00303. The van der Waals surface area contributed by atoms with Crippen LogP contribution in [0, 0.1) is 11.3 Å². The maximum atomic E-state index is 11.5. The van der Waals surface area contributed by atoms with Crippen molar-refractivity contribution in [2.75, 3.05) is 26.7 Å². The monoisotopic (exact) mass is 228 g/mol. The van der Waals surface area contributed by atoms with Crippen LogP contribution in [0.1, 0.15) is 13.3 Å². The van der Waals surface area contributed by atoms with E-state index < -0.39 is 6.10 Å². The zero-order valence-electron chi connectivity index (χ0n) is 9.81. The molecule has 1 heterocycles. The fraction of sp³-hybridized carbons (Fsp3) is 0.800. The molecule has 6 nitrogen and oxygen atoms in total. The van der Waals surface area contributed by atoms with E-state index in [-0.39, 0.29) is 18.3 Å². The first-order chi connectivity index (χ1) is 7.40. The molecule has 16 heavy (non-hydrogen) atoms. The summed E-state index contributed by atoms with van der Waals surface area (Å²) < 4.78 is 0. The standard InChI is InChI=1S/C10H20N4O2/c1-7(15)3-9(16)14-5-8(6-14)4-13(2)10(11)12/h7-8,15H,3-6H2,1-2H3,(H3,11,12). The number of nitrogens with zero attached hydrogens (tertiary/aromatic N) is 2. The summed E-state index contributed by atoms with van der Waals surface area (Å²) in [4.78, 5) is 14.9. The van der Waals surface area contributed by atoms with E-state index in [4.69, 9.17) is 16.2 Å². The Hall–Kier alpha value is -1.30. The quantitative estimate of drug-likeness (QED) is 0.427. The first-order valence-electron chi connectivity index (χ1n) is 5.41. The molecule has 0 spiro atoms. The van der Waals surface area contributed by atoms with E-state index in [1.165, 1.54) is 0 Å². The molecule has 1 rings (SSSR count). The van der Waals surface area contributed by atoms with Crippen molar-refractivity contribution in [1.82, 2.24) is 9.80 Å². The van der Waals surface area contributed by atoms with Gasteiger partial charge in [-0.25, -0.2) is 0 Å². The lowest BCUT2D eigenvalue weighted by molar-refractivity contribution is -0.139. The lowest BCUT2D eigenvalue weighted by atomic mass is 9.99. The summed E-state index contributed by atoms with van der Waals surface area (Å²) in [5, 5.41) is 16.3. The van der Waals surface area contributed by atoms with Crippen LogP contribution >= 0.6 is 0 Å². The number of nitrogens with one attached hydrogen (secondary N) is 1. The molecule has 0 aromatic rings. The molecule has 1 aliphatic heterocycles. The van der Waals surface area contributed by atoms with E-state index in [0.29, 0.717) is 25.6 Å². The summed E-state index contributed by atoms with van der Waals surface area (Å²) >= 11 is 0. The Morgan fingerprint density at radius 2 is 2.25 bits per heavy atom. The van der Waals surface area contributed by atoms with Crippen molar-refractivity contribution >= 4 is 11.9 Å². The van der Waals surface area contributed by atoms with Gasteiger partial charge in [0, 0.05) is 32.6 Å². The van der Waals surface area contributed by atoms with Gasteiger partial charge in [-0.3, -0.25) is 10.2 Å². The Bertz CT molecular complexity index is 274. The Morgan fingerprint density at radius 1 is 1.69 bits per heavy atom. The third kappa shape index (κ3) is 3.37. The smallest absolute Gasteiger partial charge is 0.225 e. The zero-order chi connectivity index (χ0) is 12.3. The summed E-state index contributed by atoms with van der Waals surface area (Å²) in [6.45, 7) is 3.71. The van der Waals surface area contributed by atoms with E-state index in [2.05, 4.69) is 0 Å². The number of rotatable bonds is 4. The second kappa shape index (κ2) is 5.16. The third-order valence-electron chi connectivity index (χ3n) is 2.72. The van der Waals surface area contributed by atoms with Crippen molar-refractivity contribution in [3.8, 4) is 0 Å². The van der Waals surface area contributed by atoms with Crippen molar-refractivity contribution in [1.29, 1.82) is 5.41 Å². The fourth-order valence-electron chi connectivity index (χ4n) is 1.76. The van der Waals surface area contributed by atoms with Gasteiger partial charge in [0.25, 0.3) is 0 Å². The Labute approximate surface area is 95.5 Å². The predicted molar refractivity (Wildman–Crippen MR) is 60.9 cm³/mol. The van der Waals surface area contributed by atoms with Crippen molar-refractivity contribution in [3.63, 3.8) is 0 Å². The molecular weight excluding hydrogens is 208 g/mol. The van der Waals surface area contributed by atoms with Crippen molar-refractivity contribution < 1.29 is 9.90 Å². The zero-order valence-corrected chi connectivity index (χ0v) is 9.81. The minimum Gasteiger partial charge on any atom is -0.393 e. The molecule has 0 radical (unpaired) electrons. The fourth-order valence-corrected chi connectivity index (χ4v) is 1.76. The highest BCUT2D eigenvalue weighted by Gasteiger charge is 2.31. The minimum atomic E-state index is -0.577. The van der Waals surface area contributed by atoms with Crippen LogP contribution in [-0.4, -0.2) is 59.6 Å². The van der Waals surface area contributed by atoms with Crippen molar-refractivity contribution in [2.45, 2.75) is 19.4 Å². The molecule has 0 aromatic carbocycles. The van der Waals surface area contributed by atoms with Crippen LogP contribution in [-0.2, 0) is 4.79 Å². The van der Waals surface area contributed by atoms with E-state index >= 15 is 0 Å². The van der Waals surface area contributed by atoms with Gasteiger partial charge >= 0.3 is 0 Å². The van der Waals surface area contributed by atoms with Gasteiger partial charge in [-0.1, -0.05) is 0 Å². The van der Waals surface area contributed by atoms with Crippen LogP contribution in [0.15, 0.2) is 0 Å². The Balaban J connectivity index is 2.22. The Morgan fingerprint density at radius 3 is 2.69 bits per heavy atom. The Kier molecular flexibility index (Phi) is 4.12. The number of likely N-dealkylation sites (tertiary alicyclic amines) is 1. The molecule has 0 aromatic heterocycles. The van der Waals surface area contributed by atoms with E-state index in [1.807, 2.05) is 0 Å². The average molecular weight is 228 g/mol. The van der Waals surface area contributed by atoms with E-state index in [1.54, 1.807) is 23.8 Å². The molecule has 0 saturated carbocycles. The predicted octanol–water partition coefficient (Wildman–Crippen LogP) is -0.959. The molecule has 0 aliphatic carbocycles. The highest BCUT2D eigenvalue weighted by atomic mass is 16.3. The SMILES string of the molecule is CC(O)CC(=O)N1CC(CN(C)C(=N)N)C1. The largest absolute Gasteiger partial charge is 0.393 e. The summed E-state index contributed by atoms with van der Waals surface area (Å²) in [6, 6.07) is 0. The van der Waals surface area contributed by atoms with Crippen LogP contribution in [0.3, 0.4) is 0 Å². The number of aliphatic hydroxyl groups excluding tert-OH is 1. The lowest BCUT2D eigenvalue weighted by Gasteiger charge is -2.41. The molecule has 92 valence electrons. The maximum absolute atomic E-state index is 11.5. The molecule has 1 fully saturated rings. The van der Waals surface area contributed by atoms with Gasteiger partial charge in [0.1, 0.15) is 0 Å². The number of carbonyl (C=O) groups is 1. The van der Waals surface area contributed by atoms with E-state index in [0.717, 1.165) is 0 Å². The summed E-state index contributed by atoms with van der Waals surface area (Å²) in [6.07, 6.45) is -0.388. The number of aliphatic hydroxyl groups is 1. The van der Waals surface area contributed by atoms with Crippen LogP contribution in [0.2, 0.25) is 0 Å². The molecule has 0 bridgehead atoms. The van der Waals surface area contributed by atoms with Gasteiger partial charge in [0.2, 0.25) is 5.91 Å². The number of nitrogens with two attached hydrogens (primary N) is 1. The van der Waals surface area contributed by atoms with Gasteiger partial charge in [0.05, 0.1) is 12.5 Å². The number of guanidine groups is 1. The van der Waals surface area contributed by atoms with Gasteiger partial charge in [-0.15, -0.1) is 0 Å². The molecule has 1 atom stereocenters. The lowest BCUT2D eigenvalue weighted by Crippen LogP contribution is -2.54. The molecular formula is C10H20N4O2. The molecule has 1 aliphatic rings. The van der Waals surface area contributed by atoms with Crippen LogP contribution < -0.4 is 5.73 Å². The normalized spacial score (nSPS) is 17.8. The molecule has 1 unspecified atom stereocenters. The van der Waals surface area contributed by atoms with Crippen molar-refractivity contribution in [3.05, 3.63) is 0 Å². The van der Waals surface area contributed by atoms with E-state index in [9.17, 15) is 4.79 Å². The molecule has 1 saturated heterocycles. The summed E-state index contributed by atoms with van der Waals surface area (Å²) in [7, 11) is 1.77. The van der Waals surface area contributed by atoms with Gasteiger partial charge in [-0.2, -0.15) is 0 Å². The number of hydrogen-bond donors (Lipinski definition) is 3. The molecule has 4 N–H and O–H groups in total. The maximum Gasteiger partial charge on any atom is 0.225 e. The number of carbonyl (C=O) groups excluding carboxylic acids is 1. The van der Waals surface area contributed by atoms with Crippen LogP contribution in [0.5, 0.6) is 0 Å². The molecule has 1 amide bonds. The highest BCUT2D eigenvalue weighted by molar-refractivity contribution is 5.77. The van der Waals surface area contributed by atoms with Gasteiger partial charge in [0.15, 0.2) is 5.96 Å². The second-order valence-corrected chi connectivity index (χ2v) is 4.48. The topological polar surface area (TPSA) is 93.6 Å². The third-order valence-corrected chi connectivity index (χ3v) is 2.72. The highest BCUT2D eigenvalue weighted by Crippen LogP contribution is 2.17. The van der Waals surface area contributed by atoms with Crippen LogP contribution in [0.25, 0.3) is 0 Å². The number of hydrogen-bond acceptors (Lipinski definition) is 3.